The standard InChI is InChI=1S/C12H20N4O/c1-3-13-10-5-8-16(9-6-10)12(17)11-4-7-14-15(11)2/h4,7,10,13H,3,5-6,8-9H2,1-2H3. The van der Waals surface area contributed by atoms with Crippen LogP contribution in [0.1, 0.15) is 30.3 Å². The fourth-order valence-electron chi connectivity index (χ4n) is 2.32. The van der Waals surface area contributed by atoms with Crippen LogP contribution in [-0.4, -0.2) is 46.3 Å². The van der Waals surface area contributed by atoms with Crippen LogP contribution in [0.2, 0.25) is 0 Å². The molecule has 0 spiro atoms. The van der Waals surface area contributed by atoms with Crippen molar-refractivity contribution in [3.63, 3.8) is 0 Å². The van der Waals surface area contributed by atoms with Crippen molar-refractivity contribution in [2.75, 3.05) is 19.6 Å². The van der Waals surface area contributed by atoms with Crippen molar-refractivity contribution in [3.05, 3.63) is 18.0 Å². The Bertz CT molecular complexity index is 380. The van der Waals surface area contributed by atoms with Gasteiger partial charge in [0.2, 0.25) is 0 Å². The van der Waals surface area contributed by atoms with E-state index < -0.39 is 0 Å². The maximum Gasteiger partial charge on any atom is 0.272 e. The molecule has 1 saturated heterocycles. The van der Waals surface area contributed by atoms with Gasteiger partial charge in [0.15, 0.2) is 0 Å². The van der Waals surface area contributed by atoms with Crippen molar-refractivity contribution in [3.8, 4) is 0 Å². The van der Waals surface area contributed by atoms with E-state index in [0.29, 0.717) is 11.7 Å². The quantitative estimate of drug-likeness (QED) is 0.837. The Labute approximate surface area is 102 Å². The summed E-state index contributed by atoms with van der Waals surface area (Å²) in [7, 11) is 1.80. The molecule has 1 aromatic rings. The van der Waals surface area contributed by atoms with Crippen molar-refractivity contribution in [1.82, 2.24) is 20.0 Å². The number of hydrogen-bond acceptors (Lipinski definition) is 3. The number of likely N-dealkylation sites (tertiary alicyclic amines) is 1. The lowest BCUT2D eigenvalue weighted by Gasteiger charge is -2.32. The summed E-state index contributed by atoms with van der Waals surface area (Å²) in [5.74, 6) is 0.0972. The van der Waals surface area contributed by atoms with E-state index in [-0.39, 0.29) is 5.91 Å². The van der Waals surface area contributed by atoms with Crippen LogP contribution >= 0.6 is 0 Å². The van der Waals surface area contributed by atoms with E-state index in [1.807, 2.05) is 4.90 Å². The van der Waals surface area contributed by atoms with Gasteiger partial charge in [-0.3, -0.25) is 9.48 Å². The summed E-state index contributed by atoms with van der Waals surface area (Å²) in [5.41, 5.74) is 0.673. The first-order chi connectivity index (χ1) is 8.22. The maximum absolute atomic E-state index is 12.2. The van der Waals surface area contributed by atoms with Crippen LogP contribution < -0.4 is 5.32 Å². The largest absolute Gasteiger partial charge is 0.337 e. The molecule has 1 aromatic heterocycles. The number of carbonyl (C=O) groups excluding carboxylic acids is 1. The average molecular weight is 236 g/mol. The molecule has 0 aromatic carbocycles. The van der Waals surface area contributed by atoms with Gasteiger partial charge in [0.25, 0.3) is 5.91 Å². The van der Waals surface area contributed by atoms with E-state index >= 15 is 0 Å². The number of aromatic nitrogens is 2. The van der Waals surface area contributed by atoms with Gasteiger partial charge in [-0.15, -0.1) is 0 Å². The number of rotatable bonds is 3. The molecule has 1 amide bonds. The predicted octanol–water partition coefficient (Wildman–Crippen LogP) is 0.634. The molecular weight excluding hydrogens is 216 g/mol. The van der Waals surface area contributed by atoms with E-state index in [1.165, 1.54) is 0 Å². The summed E-state index contributed by atoms with van der Waals surface area (Å²) in [6, 6.07) is 2.34. The van der Waals surface area contributed by atoms with Gasteiger partial charge >= 0.3 is 0 Å². The minimum Gasteiger partial charge on any atom is -0.337 e. The van der Waals surface area contributed by atoms with Crippen LogP contribution in [-0.2, 0) is 7.05 Å². The molecule has 0 atom stereocenters. The second-order valence-electron chi connectivity index (χ2n) is 4.46. The molecule has 2 heterocycles. The zero-order valence-corrected chi connectivity index (χ0v) is 10.5. The molecule has 17 heavy (non-hydrogen) atoms. The number of nitrogens with zero attached hydrogens (tertiary/aromatic N) is 3. The van der Waals surface area contributed by atoms with Crippen molar-refractivity contribution in [1.29, 1.82) is 0 Å². The Morgan fingerprint density at radius 3 is 2.76 bits per heavy atom. The first-order valence-electron chi connectivity index (χ1n) is 6.23. The Morgan fingerprint density at radius 2 is 2.24 bits per heavy atom. The third-order valence-electron chi connectivity index (χ3n) is 3.32. The van der Waals surface area contributed by atoms with E-state index in [2.05, 4.69) is 17.3 Å². The van der Waals surface area contributed by atoms with E-state index in [4.69, 9.17) is 0 Å². The molecule has 5 nitrogen and oxygen atoms in total. The number of piperidine rings is 1. The van der Waals surface area contributed by atoms with Gasteiger partial charge in [-0.1, -0.05) is 6.92 Å². The first kappa shape index (κ1) is 12.1. The molecule has 2 rings (SSSR count). The Hall–Kier alpha value is -1.36. The van der Waals surface area contributed by atoms with Gasteiger partial charge in [0.1, 0.15) is 5.69 Å². The van der Waals surface area contributed by atoms with Gasteiger partial charge in [-0.2, -0.15) is 5.10 Å². The molecule has 1 fully saturated rings. The smallest absolute Gasteiger partial charge is 0.272 e. The van der Waals surface area contributed by atoms with Crippen LogP contribution in [0.5, 0.6) is 0 Å². The Balaban J connectivity index is 1.93. The van der Waals surface area contributed by atoms with E-state index in [9.17, 15) is 4.79 Å². The minimum absolute atomic E-state index is 0.0972. The summed E-state index contributed by atoms with van der Waals surface area (Å²) < 4.78 is 1.64. The average Bonchev–Trinajstić information content (AvgIpc) is 2.76. The SMILES string of the molecule is CCNC1CCN(C(=O)c2ccnn2C)CC1. The topological polar surface area (TPSA) is 50.2 Å². The summed E-state index contributed by atoms with van der Waals surface area (Å²) >= 11 is 0. The molecule has 1 aliphatic rings. The Morgan fingerprint density at radius 1 is 1.53 bits per heavy atom. The predicted molar refractivity (Wildman–Crippen MR) is 65.8 cm³/mol. The van der Waals surface area contributed by atoms with Gasteiger partial charge in [-0.25, -0.2) is 0 Å². The highest BCUT2D eigenvalue weighted by molar-refractivity contribution is 5.92. The van der Waals surface area contributed by atoms with Gasteiger partial charge in [0, 0.05) is 32.4 Å². The van der Waals surface area contributed by atoms with Crippen LogP contribution in [0.15, 0.2) is 12.3 Å². The van der Waals surface area contributed by atoms with Crippen molar-refractivity contribution < 1.29 is 4.79 Å². The highest BCUT2D eigenvalue weighted by Gasteiger charge is 2.24. The van der Waals surface area contributed by atoms with Gasteiger partial charge < -0.3 is 10.2 Å². The van der Waals surface area contributed by atoms with Gasteiger partial charge in [0.05, 0.1) is 0 Å². The normalized spacial score (nSPS) is 17.4. The second kappa shape index (κ2) is 5.31. The van der Waals surface area contributed by atoms with Crippen molar-refractivity contribution in [2.24, 2.45) is 7.05 Å². The molecule has 0 radical (unpaired) electrons. The zero-order valence-electron chi connectivity index (χ0n) is 10.5. The number of hydrogen-bond donors (Lipinski definition) is 1. The third-order valence-corrected chi connectivity index (χ3v) is 3.32. The monoisotopic (exact) mass is 236 g/mol. The molecule has 0 unspecified atom stereocenters. The molecule has 5 heteroatoms. The number of nitrogens with one attached hydrogen (secondary N) is 1. The summed E-state index contributed by atoms with van der Waals surface area (Å²) in [6.45, 7) is 4.79. The third kappa shape index (κ3) is 2.66. The highest BCUT2D eigenvalue weighted by Crippen LogP contribution is 2.13. The van der Waals surface area contributed by atoms with E-state index in [1.54, 1.807) is 24.0 Å². The molecule has 1 aliphatic heterocycles. The molecule has 0 aliphatic carbocycles. The summed E-state index contributed by atoms with van der Waals surface area (Å²) in [5, 5.41) is 7.47. The lowest BCUT2D eigenvalue weighted by molar-refractivity contribution is 0.0694. The fourth-order valence-corrected chi connectivity index (χ4v) is 2.32. The Kier molecular flexibility index (Phi) is 3.78. The second-order valence-corrected chi connectivity index (χ2v) is 4.46. The number of carbonyl (C=O) groups is 1. The molecule has 0 saturated carbocycles. The van der Waals surface area contributed by atoms with Gasteiger partial charge in [-0.05, 0) is 25.5 Å². The first-order valence-corrected chi connectivity index (χ1v) is 6.23. The van der Waals surface area contributed by atoms with Crippen molar-refractivity contribution >= 4 is 5.91 Å². The highest BCUT2D eigenvalue weighted by atomic mass is 16.2. The van der Waals surface area contributed by atoms with Crippen LogP contribution in [0.3, 0.4) is 0 Å². The summed E-state index contributed by atoms with van der Waals surface area (Å²) in [4.78, 5) is 14.1. The fraction of sp³-hybridized carbons (Fsp3) is 0.667. The van der Waals surface area contributed by atoms with Crippen LogP contribution in [0.4, 0.5) is 0 Å². The minimum atomic E-state index is 0.0972. The molecular formula is C12H20N4O. The lowest BCUT2D eigenvalue weighted by Crippen LogP contribution is -2.45. The van der Waals surface area contributed by atoms with Crippen LogP contribution in [0.25, 0.3) is 0 Å². The number of aryl methyl sites for hydroxylation is 1. The lowest BCUT2D eigenvalue weighted by atomic mass is 10.0. The maximum atomic E-state index is 12.2. The molecule has 94 valence electrons. The number of amides is 1. The molecule has 0 bridgehead atoms. The summed E-state index contributed by atoms with van der Waals surface area (Å²) in [6.07, 6.45) is 3.74. The zero-order chi connectivity index (χ0) is 12.3. The molecule has 1 N–H and O–H groups in total. The van der Waals surface area contributed by atoms with E-state index in [0.717, 1.165) is 32.5 Å². The van der Waals surface area contributed by atoms with Crippen LogP contribution in [0, 0.1) is 0 Å². The van der Waals surface area contributed by atoms with Crippen molar-refractivity contribution in [2.45, 2.75) is 25.8 Å².